The second-order valence-corrected chi connectivity index (χ2v) is 5.61. The van der Waals surface area contributed by atoms with Gasteiger partial charge in [-0.25, -0.2) is 0 Å². The van der Waals surface area contributed by atoms with Crippen LogP contribution in [0.25, 0.3) is 0 Å². The molecule has 0 amide bonds. The largest absolute Gasteiger partial charge is 0.495 e. The van der Waals surface area contributed by atoms with Gasteiger partial charge in [-0.05, 0) is 37.3 Å². The summed E-state index contributed by atoms with van der Waals surface area (Å²) < 4.78 is 5.37. The maximum absolute atomic E-state index is 11.5. The first-order valence-electron chi connectivity index (χ1n) is 7.39. The zero-order valence-electron chi connectivity index (χ0n) is 12.2. The number of pyridine rings is 1. The van der Waals surface area contributed by atoms with Crippen molar-refractivity contribution in [1.82, 2.24) is 4.98 Å². The van der Waals surface area contributed by atoms with Crippen LogP contribution >= 0.6 is 0 Å². The van der Waals surface area contributed by atoms with Gasteiger partial charge in [-0.1, -0.05) is 19.8 Å². The van der Waals surface area contributed by atoms with Gasteiger partial charge < -0.3 is 9.84 Å². The van der Waals surface area contributed by atoms with Crippen molar-refractivity contribution in [3.05, 3.63) is 24.0 Å². The van der Waals surface area contributed by atoms with Gasteiger partial charge in [0.05, 0.1) is 18.7 Å². The summed E-state index contributed by atoms with van der Waals surface area (Å²) in [5.41, 5.74) is 0.809. The molecule has 1 aromatic heterocycles. The van der Waals surface area contributed by atoms with Crippen LogP contribution in [0, 0.1) is 11.8 Å². The van der Waals surface area contributed by atoms with Crippen molar-refractivity contribution >= 4 is 5.97 Å². The molecule has 0 aromatic carbocycles. The van der Waals surface area contributed by atoms with Crippen molar-refractivity contribution in [1.29, 1.82) is 0 Å². The first-order valence-corrected chi connectivity index (χ1v) is 7.39. The molecule has 1 aromatic rings. The first-order chi connectivity index (χ1) is 9.67. The number of nitrogens with zero attached hydrogens (tertiary/aromatic N) is 1. The minimum Gasteiger partial charge on any atom is -0.495 e. The minimum absolute atomic E-state index is 0.0334. The molecule has 1 fully saturated rings. The van der Waals surface area contributed by atoms with Crippen molar-refractivity contribution in [2.24, 2.45) is 11.8 Å². The maximum atomic E-state index is 11.5. The third-order valence-corrected chi connectivity index (χ3v) is 4.34. The Labute approximate surface area is 120 Å². The zero-order valence-corrected chi connectivity index (χ0v) is 12.2. The number of hydrogen-bond donors (Lipinski definition) is 1. The highest BCUT2D eigenvalue weighted by Crippen LogP contribution is 2.44. The molecular weight excluding hydrogens is 254 g/mol. The van der Waals surface area contributed by atoms with Crippen LogP contribution in [0.1, 0.15) is 50.6 Å². The molecule has 20 heavy (non-hydrogen) atoms. The summed E-state index contributed by atoms with van der Waals surface area (Å²) in [6.45, 7) is 2.18. The number of carbonyl (C=O) groups is 1. The fourth-order valence-corrected chi connectivity index (χ4v) is 3.38. The van der Waals surface area contributed by atoms with E-state index in [1.54, 1.807) is 13.3 Å². The Kier molecular flexibility index (Phi) is 4.99. The standard InChI is InChI=1S/C16H23NO3/c1-3-5-11-7-8-12(16(18)19)13(10-11)15-14(20-2)6-4-9-17-15/h4,6,9,11-13H,3,5,7-8,10H2,1-2H3,(H,18,19). The molecule has 1 aliphatic carbocycles. The summed E-state index contributed by atoms with van der Waals surface area (Å²) >= 11 is 0. The number of aromatic nitrogens is 1. The maximum Gasteiger partial charge on any atom is 0.307 e. The minimum atomic E-state index is -0.711. The Hall–Kier alpha value is -1.58. The highest BCUT2D eigenvalue weighted by Gasteiger charge is 2.37. The van der Waals surface area contributed by atoms with E-state index in [1.807, 2.05) is 12.1 Å². The molecule has 1 heterocycles. The average Bonchev–Trinajstić information content (AvgIpc) is 2.47. The third-order valence-electron chi connectivity index (χ3n) is 4.34. The summed E-state index contributed by atoms with van der Waals surface area (Å²) in [5.74, 6) is 0.228. The fraction of sp³-hybridized carbons (Fsp3) is 0.625. The van der Waals surface area contributed by atoms with Crippen LogP contribution in [0.3, 0.4) is 0 Å². The Morgan fingerprint density at radius 3 is 2.95 bits per heavy atom. The van der Waals surface area contributed by atoms with E-state index < -0.39 is 5.97 Å². The first kappa shape index (κ1) is 14.8. The van der Waals surface area contributed by atoms with Gasteiger partial charge in [0.25, 0.3) is 0 Å². The van der Waals surface area contributed by atoms with Crippen LogP contribution in [-0.2, 0) is 4.79 Å². The van der Waals surface area contributed by atoms with E-state index in [4.69, 9.17) is 4.74 Å². The lowest BCUT2D eigenvalue weighted by Gasteiger charge is -2.34. The molecule has 0 aliphatic heterocycles. The fourth-order valence-electron chi connectivity index (χ4n) is 3.38. The summed E-state index contributed by atoms with van der Waals surface area (Å²) in [6.07, 6.45) is 6.69. The molecule has 3 unspecified atom stereocenters. The van der Waals surface area contributed by atoms with E-state index in [2.05, 4.69) is 11.9 Å². The highest BCUT2D eigenvalue weighted by molar-refractivity contribution is 5.71. The summed E-state index contributed by atoms with van der Waals surface area (Å²) in [5, 5.41) is 9.48. The molecule has 2 rings (SSSR count). The van der Waals surface area contributed by atoms with Crippen LogP contribution in [-0.4, -0.2) is 23.2 Å². The SMILES string of the molecule is CCCC1CCC(C(=O)O)C(c2ncccc2OC)C1. The van der Waals surface area contributed by atoms with Gasteiger partial charge in [-0.3, -0.25) is 9.78 Å². The van der Waals surface area contributed by atoms with Crippen LogP contribution in [0.4, 0.5) is 0 Å². The van der Waals surface area contributed by atoms with Crippen molar-refractivity contribution in [2.45, 2.75) is 44.9 Å². The topological polar surface area (TPSA) is 59.4 Å². The van der Waals surface area contributed by atoms with Crippen LogP contribution in [0.2, 0.25) is 0 Å². The quantitative estimate of drug-likeness (QED) is 0.895. The molecule has 110 valence electrons. The molecular formula is C16H23NO3. The predicted octanol–water partition coefficient (Wildman–Crippen LogP) is 3.47. The summed E-state index contributed by atoms with van der Waals surface area (Å²) in [7, 11) is 1.61. The van der Waals surface area contributed by atoms with Gasteiger partial charge in [0.1, 0.15) is 5.75 Å². The van der Waals surface area contributed by atoms with Crippen LogP contribution in [0.5, 0.6) is 5.75 Å². The van der Waals surface area contributed by atoms with E-state index in [1.165, 1.54) is 0 Å². The number of methoxy groups -OCH3 is 1. The lowest BCUT2D eigenvalue weighted by Crippen LogP contribution is -2.30. The molecule has 4 heteroatoms. The van der Waals surface area contributed by atoms with Crippen molar-refractivity contribution in [3.8, 4) is 5.75 Å². The van der Waals surface area contributed by atoms with Crippen molar-refractivity contribution in [2.75, 3.05) is 7.11 Å². The van der Waals surface area contributed by atoms with Crippen molar-refractivity contribution in [3.63, 3.8) is 0 Å². The predicted molar refractivity (Wildman–Crippen MR) is 76.9 cm³/mol. The molecule has 0 spiro atoms. The number of aliphatic carboxylic acids is 1. The normalized spacial score (nSPS) is 26.2. The van der Waals surface area contributed by atoms with E-state index in [0.717, 1.165) is 37.8 Å². The Balaban J connectivity index is 2.29. The van der Waals surface area contributed by atoms with E-state index in [9.17, 15) is 9.90 Å². The van der Waals surface area contributed by atoms with Gasteiger partial charge in [-0.2, -0.15) is 0 Å². The average molecular weight is 277 g/mol. The number of carboxylic acids is 1. The second-order valence-electron chi connectivity index (χ2n) is 5.61. The Bertz CT molecular complexity index is 461. The van der Waals surface area contributed by atoms with Gasteiger partial charge in [-0.15, -0.1) is 0 Å². The van der Waals surface area contributed by atoms with E-state index in [-0.39, 0.29) is 11.8 Å². The molecule has 4 nitrogen and oxygen atoms in total. The van der Waals surface area contributed by atoms with Crippen LogP contribution < -0.4 is 4.74 Å². The molecule has 0 radical (unpaired) electrons. The number of carboxylic acid groups (broad SMARTS) is 1. The molecule has 1 saturated carbocycles. The van der Waals surface area contributed by atoms with E-state index >= 15 is 0 Å². The van der Waals surface area contributed by atoms with Crippen molar-refractivity contribution < 1.29 is 14.6 Å². The van der Waals surface area contributed by atoms with E-state index in [0.29, 0.717) is 11.7 Å². The Morgan fingerprint density at radius 1 is 1.50 bits per heavy atom. The smallest absolute Gasteiger partial charge is 0.307 e. The molecule has 0 bridgehead atoms. The summed E-state index contributed by atoms with van der Waals surface area (Å²) in [4.78, 5) is 15.9. The second kappa shape index (κ2) is 6.73. The Morgan fingerprint density at radius 2 is 2.30 bits per heavy atom. The number of rotatable bonds is 5. The molecule has 0 saturated heterocycles. The lowest BCUT2D eigenvalue weighted by atomic mass is 9.71. The molecule has 3 atom stereocenters. The van der Waals surface area contributed by atoms with Gasteiger partial charge in [0.2, 0.25) is 0 Å². The summed E-state index contributed by atoms with van der Waals surface area (Å²) in [6, 6.07) is 3.69. The molecule has 1 N–H and O–H groups in total. The number of hydrogen-bond acceptors (Lipinski definition) is 3. The van der Waals surface area contributed by atoms with Gasteiger partial charge in [0, 0.05) is 12.1 Å². The monoisotopic (exact) mass is 277 g/mol. The third kappa shape index (κ3) is 3.11. The lowest BCUT2D eigenvalue weighted by molar-refractivity contribution is -0.144. The number of ether oxygens (including phenoxy) is 1. The zero-order chi connectivity index (χ0) is 14.5. The highest BCUT2D eigenvalue weighted by atomic mass is 16.5. The van der Waals surface area contributed by atoms with Gasteiger partial charge in [0.15, 0.2) is 0 Å². The van der Waals surface area contributed by atoms with Gasteiger partial charge >= 0.3 is 5.97 Å². The van der Waals surface area contributed by atoms with Crippen LogP contribution in [0.15, 0.2) is 18.3 Å². The molecule has 1 aliphatic rings.